The van der Waals surface area contributed by atoms with Crippen LogP contribution in [0.3, 0.4) is 0 Å². The van der Waals surface area contributed by atoms with Crippen LogP contribution in [0.4, 0.5) is 13.2 Å². The van der Waals surface area contributed by atoms with Crippen molar-refractivity contribution in [3.8, 4) is 0 Å². The van der Waals surface area contributed by atoms with Crippen LogP contribution in [0, 0.1) is 6.92 Å². The van der Waals surface area contributed by atoms with E-state index in [1.807, 2.05) is 0 Å². The van der Waals surface area contributed by atoms with Gasteiger partial charge in [0, 0.05) is 18.9 Å². The van der Waals surface area contributed by atoms with Gasteiger partial charge >= 0.3 is 6.18 Å². The fraction of sp³-hybridized carbons (Fsp3) is 0.250. The normalized spacial score (nSPS) is 11.8. The molecule has 1 aromatic heterocycles. The second-order valence-electron chi connectivity index (χ2n) is 3.88. The SMILES string of the molecule is Cc1ccc(Cn2ccnc2)cc1C(F)(F)F. The first-order chi connectivity index (χ1) is 7.97. The van der Waals surface area contributed by atoms with Crippen molar-refractivity contribution in [3.63, 3.8) is 0 Å². The Morgan fingerprint density at radius 2 is 2.06 bits per heavy atom. The van der Waals surface area contributed by atoms with E-state index in [1.165, 1.54) is 19.1 Å². The van der Waals surface area contributed by atoms with E-state index in [9.17, 15) is 13.2 Å². The molecular formula is C12H11F3N2. The molecule has 0 unspecified atom stereocenters. The second-order valence-corrected chi connectivity index (χ2v) is 3.88. The van der Waals surface area contributed by atoms with Crippen molar-refractivity contribution in [3.05, 3.63) is 53.6 Å². The van der Waals surface area contributed by atoms with E-state index in [2.05, 4.69) is 4.98 Å². The lowest BCUT2D eigenvalue weighted by molar-refractivity contribution is -0.138. The number of benzene rings is 1. The van der Waals surface area contributed by atoms with Gasteiger partial charge in [-0.05, 0) is 24.1 Å². The Labute approximate surface area is 96.7 Å². The molecule has 0 atom stereocenters. The molecule has 0 bridgehead atoms. The van der Waals surface area contributed by atoms with Crippen molar-refractivity contribution in [1.82, 2.24) is 9.55 Å². The first-order valence-electron chi connectivity index (χ1n) is 5.09. The molecule has 0 aliphatic carbocycles. The van der Waals surface area contributed by atoms with Gasteiger partial charge in [-0.25, -0.2) is 4.98 Å². The predicted octanol–water partition coefficient (Wildman–Crippen LogP) is 3.26. The van der Waals surface area contributed by atoms with Crippen molar-refractivity contribution >= 4 is 0 Å². The number of halogens is 3. The minimum atomic E-state index is -4.30. The number of imidazole rings is 1. The zero-order chi connectivity index (χ0) is 12.5. The van der Waals surface area contributed by atoms with Crippen molar-refractivity contribution in [2.75, 3.05) is 0 Å². The summed E-state index contributed by atoms with van der Waals surface area (Å²) in [7, 11) is 0. The third kappa shape index (κ3) is 2.67. The third-order valence-corrected chi connectivity index (χ3v) is 2.53. The van der Waals surface area contributed by atoms with E-state index in [0.717, 1.165) is 0 Å². The molecule has 1 heterocycles. The van der Waals surface area contributed by atoms with Crippen LogP contribution in [-0.4, -0.2) is 9.55 Å². The number of nitrogens with zero attached hydrogens (tertiary/aromatic N) is 2. The first-order valence-corrected chi connectivity index (χ1v) is 5.09. The van der Waals surface area contributed by atoms with Crippen molar-refractivity contribution in [1.29, 1.82) is 0 Å². The molecule has 0 N–H and O–H groups in total. The summed E-state index contributed by atoms with van der Waals surface area (Å²) >= 11 is 0. The van der Waals surface area contributed by atoms with Gasteiger partial charge in [-0.3, -0.25) is 0 Å². The third-order valence-electron chi connectivity index (χ3n) is 2.53. The average Bonchev–Trinajstić information content (AvgIpc) is 2.72. The van der Waals surface area contributed by atoms with Crippen LogP contribution < -0.4 is 0 Å². The molecule has 0 fully saturated rings. The molecule has 17 heavy (non-hydrogen) atoms. The van der Waals surface area contributed by atoms with Gasteiger partial charge in [0.05, 0.1) is 11.9 Å². The molecule has 0 saturated heterocycles. The predicted molar refractivity (Wildman–Crippen MR) is 57.5 cm³/mol. The highest BCUT2D eigenvalue weighted by molar-refractivity contribution is 5.33. The topological polar surface area (TPSA) is 17.8 Å². The van der Waals surface area contributed by atoms with Gasteiger partial charge in [-0.2, -0.15) is 13.2 Å². The Kier molecular flexibility index (Phi) is 2.92. The number of aryl methyl sites for hydroxylation is 1. The van der Waals surface area contributed by atoms with Crippen molar-refractivity contribution < 1.29 is 13.2 Å². The maximum atomic E-state index is 12.7. The van der Waals surface area contributed by atoms with Crippen LogP contribution in [-0.2, 0) is 12.7 Å². The molecule has 1 aromatic carbocycles. The monoisotopic (exact) mass is 240 g/mol. The lowest BCUT2D eigenvalue weighted by Gasteiger charge is -2.12. The van der Waals surface area contributed by atoms with Gasteiger partial charge in [-0.15, -0.1) is 0 Å². The van der Waals surface area contributed by atoms with E-state index in [0.29, 0.717) is 12.1 Å². The fourth-order valence-corrected chi connectivity index (χ4v) is 1.66. The second kappa shape index (κ2) is 4.24. The van der Waals surface area contributed by atoms with E-state index < -0.39 is 11.7 Å². The van der Waals surface area contributed by atoms with E-state index in [-0.39, 0.29) is 5.56 Å². The summed E-state index contributed by atoms with van der Waals surface area (Å²) in [5.74, 6) is 0. The van der Waals surface area contributed by atoms with E-state index in [4.69, 9.17) is 0 Å². The van der Waals surface area contributed by atoms with Gasteiger partial charge in [0.2, 0.25) is 0 Å². The number of alkyl halides is 3. The van der Waals surface area contributed by atoms with E-state index in [1.54, 1.807) is 29.4 Å². The summed E-state index contributed by atoms with van der Waals surface area (Å²) in [6.07, 6.45) is 0.591. The standard InChI is InChI=1S/C12H11F3N2/c1-9-2-3-10(6-11(9)12(13,14)15)7-17-5-4-16-8-17/h2-6,8H,7H2,1H3. The van der Waals surface area contributed by atoms with Crippen molar-refractivity contribution in [2.45, 2.75) is 19.6 Å². The van der Waals surface area contributed by atoms with Crippen LogP contribution in [0.15, 0.2) is 36.9 Å². The Bertz CT molecular complexity index is 501. The number of aromatic nitrogens is 2. The molecule has 0 spiro atoms. The molecule has 5 heteroatoms. The minimum Gasteiger partial charge on any atom is -0.333 e. The molecule has 0 amide bonds. The fourth-order valence-electron chi connectivity index (χ4n) is 1.66. The van der Waals surface area contributed by atoms with Crippen LogP contribution in [0.2, 0.25) is 0 Å². The van der Waals surface area contributed by atoms with Crippen LogP contribution in [0.1, 0.15) is 16.7 Å². The highest BCUT2D eigenvalue weighted by Crippen LogP contribution is 2.32. The molecule has 0 aliphatic heterocycles. The Hall–Kier alpha value is -1.78. The van der Waals surface area contributed by atoms with Crippen LogP contribution in [0.5, 0.6) is 0 Å². The minimum absolute atomic E-state index is 0.242. The molecule has 2 rings (SSSR count). The Morgan fingerprint density at radius 1 is 1.29 bits per heavy atom. The Balaban J connectivity index is 2.31. The summed E-state index contributed by atoms with van der Waals surface area (Å²) in [5.41, 5.74) is 0.280. The van der Waals surface area contributed by atoms with Crippen LogP contribution >= 0.6 is 0 Å². The molecule has 0 saturated carbocycles. The zero-order valence-electron chi connectivity index (χ0n) is 9.20. The summed E-state index contributed by atoms with van der Waals surface area (Å²) in [5, 5.41) is 0. The molecule has 2 nitrogen and oxygen atoms in total. The molecule has 0 aliphatic rings. The molecule has 0 radical (unpaired) electrons. The maximum absolute atomic E-state index is 12.7. The van der Waals surface area contributed by atoms with Gasteiger partial charge in [-0.1, -0.05) is 12.1 Å². The summed E-state index contributed by atoms with van der Waals surface area (Å²) in [6, 6.07) is 4.38. The quantitative estimate of drug-likeness (QED) is 0.787. The lowest BCUT2D eigenvalue weighted by atomic mass is 10.0. The first kappa shape index (κ1) is 11.7. The van der Waals surface area contributed by atoms with Crippen LogP contribution in [0.25, 0.3) is 0 Å². The summed E-state index contributed by atoms with van der Waals surface area (Å²) in [6.45, 7) is 1.85. The van der Waals surface area contributed by atoms with Gasteiger partial charge in [0.25, 0.3) is 0 Å². The van der Waals surface area contributed by atoms with E-state index >= 15 is 0 Å². The maximum Gasteiger partial charge on any atom is 0.416 e. The largest absolute Gasteiger partial charge is 0.416 e. The van der Waals surface area contributed by atoms with Crippen molar-refractivity contribution in [2.24, 2.45) is 0 Å². The number of hydrogen-bond donors (Lipinski definition) is 0. The zero-order valence-corrected chi connectivity index (χ0v) is 9.20. The summed E-state index contributed by atoms with van der Waals surface area (Å²) < 4.78 is 39.8. The molecule has 2 aromatic rings. The highest BCUT2D eigenvalue weighted by Gasteiger charge is 2.32. The molecular weight excluding hydrogens is 229 g/mol. The highest BCUT2D eigenvalue weighted by atomic mass is 19.4. The number of rotatable bonds is 2. The smallest absolute Gasteiger partial charge is 0.333 e. The van der Waals surface area contributed by atoms with Gasteiger partial charge in [0.15, 0.2) is 0 Å². The number of hydrogen-bond acceptors (Lipinski definition) is 1. The average molecular weight is 240 g/mol. The van der Waals surface area contributed by atoms with Gasteiger partial charge in [0.1, 0.15) is 0 Å². The van der Waals surface area contributed by atoms with Gasteiger partial charge < -0.3 is 4.57 Å². The summed E-state index contributed by atoms with van der Waals surface area (Å²) in [4.78, 5) is 3.85. The molecule has 90 valence electrons. The Morgan fingerprint density at radius 3 is 2.65 bits per heavy atom. The lowest BCUT2D eigenvalue weighted by Crippen LogP contribution is -2.09.